The molecule has 4 atom stereocenters. The molecule has 0 aliphatic carbocycles. The lowest BCUT2D eigenvalue weighted by molar-refractivity contribution is -0.216. The number of oxime groups is 1. The van der Waals surface area contributed by atoms with Crippen LogP contribution in [0.1, 0.15) is 19.0 Å². The van der Waals surface area contributed by atoms with E-state index >= 15 is 0 Å². The van der Waals surface area contributed by atoms with E-state index in [1.807, 2.05) is 0 Å². The molecule has 3 aliphatic heterocycles. The van der Waals surface area contributed by atoms with E-state index < -0.39 is 68.8 Å². The van der Waals surface area contributed by atoms with Crippen molar-refractivity contribution >= 4 is 55.8 Å². The minimum absolute atomic E-state index is 0.0420. The molecule has 1 aromatic heterocycles. The summed E-state index contributed by atoms with van der Waals surface area (Å²) in [5.74, 6) is -6.56. The molecule has 0 bridgehead atoms. The van der Waals surface area contributed by atoms with Crippen LogP contribution in [0.2, 0.25) is 0 Å². The van der Waals surface area contributed by atoms with E-state index in [2.05, 4.69) is 15.5 Å². The van der Waals surface area contributed by atoms with Crippen LogP contribution in [-0.4, -0.2) is 82.4 Å². The number of carbonyl (C=O) groups is 4. The smallest absolute Gasteiger partial charge is 0.370 e. The second-order valence-electron chi connectivity index (χ2n) is 7.18. The Morgan fingerprint density at radius 3 is 2.81 bits per heavy atom. The summed E-state index contributed by atoms with van der Waals surface area (Å²) in [4.78, 5) is 58.8. The van der Waals surface area contributed by atoms with Crippen LogP contribution >= 0.6 is 11.3 Å². The number of aliphatic carboxylic acids is 1. The average molecular weight is 487 g/mol. The zero-order chi connectivity index (χ0) is 23.4. The molecule has 4 heterocycles. The summed E-state index contributed by atoms with van der Waals surface area (Å²) in [6.07, 6.45) is -0.463. The Bertz CT molecular complexity index is 1160. The zero-order valence-electron chi connectivity index (χ0n) is 16.4. The summed E-state index contributed by atoms with van der Waals surface area (Å²) < 4.78 is 30.6. The van der Waals surface area contributed by atoms with Gasteiger partial charge in [-0.2, -0.15) is 0 Å². The largest absolute Gasteiger partial charge is 0.477 e. The summed E-state index contributed by atoms with van der Waals surface area (Å²) in [5.41, 5.74) is 2.83. The van der Waals surface area contributed by atoms with Crippen LogP contribution < -0.4 is 11.1 Å². The third-order valence-corrected chi connectivity index (χ3v) is 8.06. The molecule has 0 saturated carbocycles. The number of aromatic nitrogens is 1. The Balaban J connectivity index is 1.65. The quantitative estimate of drug-likeness (QED) is 0.171. The first-order valence-electron chi connectivity index (χ1n) is 9.25. The van der Waals surface area contributed by atoms with Gasteiger partial charge in [0, 0.05) is 5.38 Å². The van der Waals surface area contributed by atoms with Crippen molar-refractivity contribution in [3.63, 3.8) is 0 Å². The maximum atomic E-state index is 12.8. The Labute approximate surface area is 184 Å². The summed E-state index contributed by atoms with van der Waals surface area (Å²) in [7, 11) is -4.11. The molecule has 3 aliphatic rings. The highest BCUT2D eigenvalue weighted by Crippen LogP contribution is 2.48. The normalized spacial score (nSPS) is 30.6. The molecule has 172 valence electrons. The molecule has 16 heteroatoms. The number of nitrogens with zero attached hydrogens (tertiary/aromatic N) is 3. The number of anilines is 1. The number of nitrogens with two attached hydrogens (primary N) is 1. The third kappa shape index (κ3) is 3.09. The van der Waals surface area contributed by atoms with Gasteiger partial charge in [0.15, 0.2) is 26.1 Å². The molecule has 32 heavy (non-hydrogen) atoms. The topological polar surface area (TPSA) is 208 Å². The summed E-state index contributed by atoms with van der Waals surface area (Å²) in [5, 5.41) is 15.5. The number of hydrogen-bond acceptors (Lipinski definition) is 12. The van der Waals surface area contributed by atoms with Gasteiger partial charge in [-0.3, -0.25) is 19.3 Å². The maximum absolute atomic E-state index is 12.8. The van der Waals surface area contributed by atoms with Crippen molar-refractivity contribution in [2.75, 3.05) is 18.1 Å². The highest BCUT2D eigenvalue weighted by atomic mass is 32.2. The van der Waals surface area contributed by atoms with Crippen LogP contribution in [0.25, 0.3) is 0 Å². The van der Waals surface area contributed by atoms with Crippen LogP contribution in [0.15, 0.2) is 10.5 Å². The van der Waals surface area contributed by atoms with Crippen molar-refractivity contribution in [2.45, 2.75) is 30.5 Å². The lowest BCUT2D eigenvalue weighted by Gasteiger charge is -2.56. The number of nitrogen functional groups attached to an aromatic ring is 1. The van der Waals surface area contributed by atoms with E-state index in [4.69, 9.17) is 15.3 Å². The number of amides is 2. The number of thiazole rings is 1. The van der Waals surface area contributed by atoms with E-state index in [-0.39, 0.29) is 23.1 Å². The second kappa shape index (κ2) is 7.40. The lowest BCUT2D eigenvalue weighted by atomic mass is 9.89. The van der Waals surface area contributed by atoms with Gasteiger partial charge in [-0.25, -0.2) is 18.2 Å². The van der Waals surface area contributed by atoms with Crippen molar-refractivity contribution in [3.8, 4) is 0 Å². The van der Waals surface area contributed by atoms with Gasteiger partial charge in [0.05, 0.1) is 18.1 Å². The number of carboxylic acid groups (broad SMARTS) is 1. The molecule has 0 radical (unpaired) electrons. The van der Waals surface area contributed by atoms with Gasteiger partial charge in [0.1, 0.15) is 18.3 Å². The fourth-order valence-corrected chi connectivity index (χ4v) is 6.84. The van der Waals surface area contributed by atoms with Crippen molar-refractivity contribution in [3.05, 3.63) is 11.1 Å². The maximum Gasteiger partial charge on any atom is 0.370 e. The molecule has 14 nitrogen and oxygen atoms in total. The van der Waals surface area contributed by atoms with Gasteiger partial charge in [-0.15, -0.1) is 11.3 Å². The van der Waals surface area contributed by atoms with E-state index in [0.29, 0.717) is 4.90 Å². The molecular weight excluding hydrogens is 470 g/mol. The molecule has 0 spiro atoms. The predicted octanol–water partition coefficient (Wildman–Crippen LogP) is -2.11. The number of nitrogens with one attached hydrogen (secondary N) is 1. The number of esters is 1. The molecule has 0 unspecified atom stereocenters. The summed E-state index contributed by atoms with van der Waals surface area (Å²) in [6.45, 7) is 1.72. The number of sulfone groups is 1. The van der Waals surface area contributed by atoms with Crippen LogP contribution in [0.3, 0.4) is 0 Å². The fourth-order valence-electron chi connectivity index (χ4n) is 4.01. The number of β-lactam (4-membered cyclic amide) rings is 1. The highest BCUT2D eigenvalue weighted by Gasteiger charge is 2.75. The number of hydrogen-bond donors (Lipinski definition) is 3. The van der Waals surface area contributed by atoms with E-state index in [1.54, 1.807) is 6.92 Å². The van der Waals surface area contributed by atoms with E-state index in [0.717, 1.165) is 11.3 Å². The fraction of sp³-hybridized carbons (Fsp3) is 0.500. The molecule has 1 aromatic rings. The Morgan fingerprint density at radius 1 is 1.50 bits per heavy atom. The number of carboxylic acids is 1. The average Bonchev–Trinajstić information content (AvgIpc) is 3.27. The van der Waals surface area contributed by atoms with Crippen molar-refractivity contribution < 1.29 is 42.3 Å². The van der Waals surface area contributed by atoms with Crippen LogP contribution in [-0.2, 0) is 38.6 Å². The number of carbonyl (C=O) groups excluding carboxylic acids is 3. The van der Waals surface area contributed by atoms with Crippen molar-refractivity contribution in [1.82, 2.24) is 15.2 Å². The van der Waals surface area contributed by atoms with Crippen molar-refractivity contribution in [1.29, 1.82) is 0 Å². The first-order chi connectivity index (χ1) is 15.0. The minimum Gasteiger partial charge on any atom is -0.477 e. The number of fused-ring (bicyclic) bond motifs is 3. The summed E-state index contributed by atoms with van der Waals surface area (Å²) >= 11 is 1.02. The van der Waals surface area contributed by atoms with Crippen LogP contribution in [0, 0.1) is 5.92 Å². The zero-order valence-corrected chi connectivity index (χ0v) is 18.0. The first-order valence-corrected chi connectivity index (χ1v) is 11.8. The Hall–Kier alpha value is -3.27. The Morgan fingerprint density at radius 2 is 2.22 bits per heavy atom. The molecular formula is C16H17N5O9S2. The number of ether oxygens (including phenoxy) is 1. The SMILES string of the molecule is CCO/N=C(\C(=O)N[C@@H]1C(=O)N2[C@@H]1S(=O)(=O)C[C@@H]1CC(=O)O[C@@]12C(=O)O)c1csc(N)n1. The van der Waals surface area contributed by atoms with E-state index in [9.17, 15) is 32.7 Å². The van der Waals surface area contributed by atoms with Crippen molar-refractivity contribution in [2.24, 2.45) is 11.1 Å². The van der Waals surface area contributed by atoms with E-state index in [1.165, 1.54) is 5.38 Å². The van der Waals surface area contributed by atoms with Gasteiger partial charge in [0.2, 0.25) is 0 Å². The van der Waals surface area contributed by atoms with Gasteiger partial charge >= 0.3 is 11.9 Å². The Kier molecular flexibility index (Phi) is 5.08. The molecule has 0 aromatic carbocycles. The third-order valence-electron chi connectivity index (χ3n) is 5.30. The monoisotopic (exact) mass is 487 g/mol. The minimum atomic E-state index is -4.11. The predicted molar refractivity (Wildman–Crippen MR) is 106 cm³/mol. The van der Waals surface area contributed by atoms with Crippen LogP contribution in [0.4, 0.5) is 5.13 Å². The van der Waals surface area contributed by atoms with Gasteiger partial charge < -0.3 is 25.7 Å². The molecule has 4 N–H and O–H groups in total. The highest BCUT2D eigenvalue weighted by molar-refractivity contribution is 7.92. The van der Waals surface area contributed by atoms with Gasteiger partial charge in [0.25, 0.3) is 17.5 Å². The molecule has 3 fully saturated rings. The summed E-state index contributed by atoms with van der Waals surface area (Å²) in [6, 6.07) is -1.62. The first kappa shape index (κ1) is 21.9. The van der Waals surface area contributed by atoms with Gasteiger partial charge in [-0.05, 0) is 6.92 Å². The molecule has 3 saturated heterocycles. The molecule has 2 amide bonds. The number of rotatable bonds is 6. The second-order valence-corrected chi connectivity index (χ2v) is 10.2. The van der Waals surface area contributed by atoms with Crippen LogP contribution in [0.5, 0.6) is 0 Å². The lowest BCUT2D eigenvalue weighted by Crippen LogP contribution is -2.84. The molecule has 4 rings (SSSR count). The standard InChI is InChI=1S/C16H17N5O9S2/c1-2-29-20-9(7-4-31-15(17)18-7)11(23)19-10-12(24)21-13(10)32(27,28)5-6-3-8(22)30-16(6,21)14(25)26/h4,6,10,13H,2-3,5H2,1H3,(H2,17,18)(H,19,23)(H,25,26)/b20-9-/t6-,10+,13+,16+/m0/s1. The van der Waals surface area contributed by atoms with Gasteiger partial charge in [-0.1, -0.05) is 5.16 Å².